The van der Waals surface area contributed by atoms with Crippen molar-refractivity contribution in [1.82, 2.24) is 14.2 Å². The zero-order chi connectivity index (χ0) is 18.0. The van der Waals surface area contributed by atoms with E-state index in [0.717, 1.165) is 23.0 Å². The minimum Gasteiger partial charge on any atom is -0.350 e. The number of carbonyl (C=O) groups is 1. The molecular weight excluding hydrogens is 426 g/mol. The van der Waals surface area contributed by atoms with Crippen LogP contribution in [0.5, 0.6) is 0 Å². The van der Waals surface area contributed by atoms with Crippen molar-refractivity contribution in [1.29, 1.82) is 0 Å². The lowest BCUT2D eigenvalue weighted by molar-refractivity contribution is 0.0946. The number of halogens is 1. The highest BCUT2D eigenvalue weighted by Gasteiger charge is 2.29. The van der Waals surface area contributed by atoms with Crippen LogP contribution in [0.1, 0.15) is 28.2 Å². The van der Waals surface area contributed by atoms with Crippen LogP contribution in [0.3, 0.4) is 0 Å². The van der Waals surface area contributed by atoms with Crippen LogP contribution in [-0.4, -0.2) is 42.8 Å². The molecular formula is C16H20BrN3O3S2. The zero-order valence-corrected chi connectivity index (χ0v) is 17.1. The molecule has 1 aliphatic heterocycles. The van der Waals surface area contributed by atoms with E-state index in [2.05, 4.69) is 21.2 Å². The van der Waals surface area contributed by atoms with Crippen molar-refractivity contribution in [3.05, 3.63) is 38.8 Å². The van der Waals surface area contributed by atoms with Gasteiger partial charge in [0, 0.05) is 37.8 Å². The van der Waals surface area contributed by atoms with Crippen LogP contribution in [-0.2, 0) is 23.5 Å². The Bertz CT molecular complexity index is 867. The molecule has 0 aromatic carbocycles. The first-order valence-electron chi connectivity index (χ1n) is 8.07. The Balaban J connectivity index is 1.66. The van der Waals surface area contributed by atoms with Gasteiger partial charge in [-0.15, -0.1) is 11.3 Å². The summed E-state index contributed by atoms with van der Waals surface area (Å²) in [5.41, 5.74) is 0.352. The lowest BCUT2D eigenvalue weighted by Gasteiger charge is -2.13. The number of hydrogen-bond donors (Lipinski definition) is 1. The van der Waals surface area contributed by atoms with E-state index in [1.807, 2.05) is 12.1 Å². The minimum absolute atomic E-state index is 0.184. The molecule has 1 saturated heterocycles. The van der Waals surface area contributed by atoms with Crippen LogP contribution in [0.4, 0.5) is 0 Å². The first-order chi connectivity index (χ1) is 11.9. The molecule has 0 bridgehead atoms. The Morgan fingerprint density at radius 2 is 2.04 bits per heavy atom. The maximum Gasteiger partial charge on any atom is 0.267 e. The van der Waals surface area contributed by atoms with Crippen molar-refractivity contribution in [3.63, 3.8) is 0 Å². The van der Waals surface area contributed by atoms with Crippen LogP contribution < -0.4 is 5.32 Å². The Hall–Kier alpha value is -1.16. The van der Waals surface area contributed by atoms with Gasteiger partial charge >= 0.3 is 0 Å². The molecule has 136 valence electrons. The summed E-state index contributed by atoms with van der Waals surface area (Å²) in [6, 6.07) is 5.46. The number of sulfonamides is 1. The molecule has 0 spiro atoms. The third-order valence-electron chi connectivity index (χ3n) is 4.20. The Kier molecular flexibility index (Phi) is 5.67. The van der Waals surface area contributed by atoms with Gasteiger partial charge in [-0.25, -0.2) is 8.42 Å². The molecule has 9 heteroatoms. The molecule has 25 heavy (non-hydrogen) atoms. The summed E-state index contributed by atoms with van der Waals surface area (Å²) in [6.07, 6.45) is 4.03. The number of nitrogens with zero attached hydrogens (tertiary/aromatic N) is 2. The average Bonchev–Trinajstić information content (AvgIpc) is 3.28. The monoisotopic (exact) mass is 445 g/mol. The molecule has 0 aliphatic carbocycles. The molecule has 0 radical (unpaired) electrons. The van der Waals surface area contributed by atoms with Crippen molar-refractivity contribution >= 4 is 43.2 Å². The number of carbonyl (C=O) groups excluding carboxylic acids is 1. The molecule has 6 nitrogen and oxygen atoms in total. The predicted molar refractivity (Wildman–Crippen MR) is 101 cm³/mol. The maximum absolute atomic E-state index is 12.6. The van der Waals surface area contributed by atoms with E-state index in [1.54, 1.807) is 23.0 Å². The second kappa shape index (κ2) is 7.61. The SMILES string of the molecule is Cn1cc(S(=O)(=O)N2CCCC2)cc1C(=O)NCCc1ccc(Br)s1. The lowest BCUT2D eigenvalue weighted by atomic mass is 10.3. The fourth-order valence-corrected chi connectivity index (χ4v) is 5.93. The number of thiophene rings is 1. The van der Waals surface area contributed by atoms with Gasteiger partial charge in [0.25, 0.3) is 5.91 Å². The third-order valence-corrected chi connectivity index (χ3v) is 7.75. The van der Waals surface area contributed by atoms with Gasteiger partial charge in [0.2, 0.25) is 10.0 Å². The molecule has 2 aromatic rings. The summed E-state index contributed by atoms with van der Waals surface area (Å²) in [6.45, 7) is 1.61. The standard InChI is InChI=1S/C16H20BrN3O3S2/c1-19-11-13(25(22,23)20-8-2-3-9-20)10-14(19)16(21)18-7-6-12-4-5-15(17)24-12/h4-5,10-11H,2-3,6-9H2,1H3,(H,18,21). The summed E-state index contributed by atoms with van der Waals surface area (Å²) < 4.78 is 29.3. The zero-order valence-electron chi connectivity index (χ0n) is 13.9. The van der Waals surface area contributed by atoms with Crippen molar-refractivity contribution in [2.24, 2.45) is 7.05 Å². The maximum atomic E-state index is 12.6. The van der Waals surface area contributed by atoms with Gasteiger partial charge in [-0.2, -0.15) is 4.31 Å². The number of amides is 1. The van der Waals surface area contributed by atoms with Crippen LogP contribution in [0, 0.1) is 0 Å². The van der Waals surface area contributed by atoms with E-state index in [4.69, 9.17) is 0 Å². The van der Waals surface area contributed by atoms with Crippen molar-refractivity contribution in [3.8, 4) is 0 Å². The highest BCUT2D eigenvalue weighted by atomic mass is 79.9. The molecule has 3 rings (SSSR count). The van der Waals surface area contributed by atoms with E-state index in [1.165, 1.54) is 21.4 Å². The fraction of sp³-hybridized carbons (Fsp3) is 0.438. The topological polar surface area (TPSA) is 71.4 Å². The summed E-state index contributed by atoms with van der Waals surface area (Å²) >= 11 is 5.05. The first kappa shape index (κ1) is 18.6. The second-order valence-electron chi connectivity index (χ2n) is 5.99. The summed E-state index contributed by atoms with van der Waals surface area (Å²) in [5.74, 6) is -0.263. The quantitative estimate of drug-likeness (QED) is 0.742. The van der Waals surface area contributed by atoms with E-state index >= 15 is 0 Å². The van der Waals surface area contributed by atoms with Crippen molar-refractivity contribution in [2.75, 3.05) is 19.6 Å². The molecule has 3 heterocycles. The van der Waals surface area contributed by atoms with E-state index in [0.29, 0.717) is 25.3 Å². The number of aryl methyl sites for hydroxylation is 1. The van der Waals surface area contributed by atoms with Gasteiger partial charge < -0.3 is 9.88 Å². The fourth-order valence-electron chi connectivity index (χ4n) is 2.85. The molecule has 0 atom stereocenters. The van der Waals surface area contributed by atoms with Crippen LogP contribution in [0.25, 0.3) is 0 Å². The molecule has 2 aromatic heterocycles. The van der Waals surface area contributed by atoms with Crippen LogP contribution in [0.15, 0.2) is 33.1 Å². The highest BCUT2D eigenvalue weighted by molar-refractivity contribution is 9.11. The third kappa shape index (κ3) is 4.16. The van der Waals surface area contributed by atoms with Crippen molar-refractivity contribution in [2.45, 2.75) is 24.2 Å². The molecule has 1 amide bonds. The Labute approximate surface area is 160 Å². The average molecular weight is 446 g/mol. The summed E-state index contributed by atoms with van der Waals surface area (Å²) in [4.78, 5) is 13.7. The predicted octanol–water partition coefficient (Wildman–Crippen LogP) is 2.61. The molecule has 0 unspecified atom stereocenters. The summed E-state index contributed by atoms with van der Waals surface area (Å²) in [7, 11) is -1.82. The van der Waals surface area contributed by atoms with Crippen LogP contribution in [0.2, 0.25) is 0 Å². The van der Waals surface area contributed by atoms with E-state index in [-0.39, 0.29) is 10.8 Å². The van der Waals surface area contributed by atoms with Gasteiger partial charge in [0.15, 0.2) is 0 Å². The Morgan fingerprint density at radius 3 is 2.68 bits per heavy atom. The normalized spacial score (nSPS) is 15.6. The Morgan fingerprint density at radius 1 is 1.32 bits per heavy atom. The van der Waals surface area contributed by atoms with Gasteiger partial charge in [-0.05, 0) is 53.4 Å². The molecule has 0 saturated carbocycles. The molecule has 1 aliphatic rings. The van der Waals surface area contributed by atoms with Gasteiger partial charge in [-0.3, -0.25) is 4.79 Å². The highest BCUT2D eigenvalue weighted by Crippen LogP contribution is 2.23. The molecule has 1 N–H and O–H groups in total. The first-order valence-corrected chi connectivity index (χ1v) is 11.1. The number of hydrogen-bond acceptors (Lipinski definition) is 4. The van der Waals surface area contributed by atoms with Crippen LogP contribution >= 0.6 is 27.3 Å². The number of nitrogens with one attached hydrogen (secondary N) is 1. The molecule has 1 fully saturated rings. The van der Waals surface area contributed by atoms with Gasteiger partial charge in [-0.1, -0.05) is 0 Å². The van der Waals surface area contributed by atoms with Crippen molar-refractivity contribution < 1.29 is 13.2 Å². The number of aromatic nitrogens is 1. The van der Waals surface area contributed by atoms with Gasteiger partial charge in [0.1, 0.15) is 10.6 Å². The largest absolute Gasteiger partial charge is 0.350 e. The second-order valence-corrected chi connectivity index (χ2v) is 10.5. The summed E-state index contributed by atoms with van der Waals surface area (Å²) in [5, 5.41) is 2.86. The lowest BCUT2D eigenvalue weighted by Crippen LogP contribution is -2.28. The van der Waals surface area contributed by atoms with E-state index < -0.39 is 10.0 Å². The minimum atomic E-state index is -3.51. The smallest absolute Gasteiger partial charge is 0.267 e. The van der Waals surface area contributed by atoms with E-state index in [9.17, 15) is 13.2 Å². The number of rotatable bonds is 6. The van der Waals surface area contributed by atoms with Gasteiger partial charge in [0.05, 0.1) is 3.79 Å².